The summed E-state index contributed by atoms with van der Waals surface area (Å²) in [5.41, 5.74) is -7.93. The summed E-state index contributed by atoms with van der Waals surface area (Å²) in [5.74, 6) is -7.98. The third kappa shape index (κ3) is 5.37. The van der Waals surface area contributed by atoms with Crippen molar-refractivity contribution in [2.75, 3.05) is 6.61 Å². The standard InChI is InChI=1S/C20H18O8.C5H5NO2/c1-2-28-18(25)20(27,16(22)14-11-7-4-8-12-14)19(26,17(23)24)15(21)13-9-5-3-6-10-13;7-5(8)4-2-1-3-6-4/h3-12,26-27H,2H2,1H3,(H,23,24);1-3,6H,(H,7,8)/t19-,20-;/m1./s1. The van der Waals surface area contributed by atoms with E-state index in [9.17, 15) is 39.3 Å². The molecule has 0 aliphatic carbocycles. The van der Waals surface area contributed by atoms with Crippen molar-refractivity contribution >= 4 is 29.5 Å². The van der Waals surface area contributed by atoms with Crippen molar-refractivity contribution in [2.45, 2.75) is 18.1 Å². The largest absolute Gasteiger partial charge is 0.479 e. The van der Waals surface area contributed by atoms with E-state index in [0.29, 0.717) is 0 Å². The highest BCUT2D eigenvalue weighted by Crippen LogP contribution is 2.32. The first-order chi connectivity index (χ1) is 17.0. The van der Waals surface area contributed by atoms with E-state index in [2.05, 4.69) is 9.72 Å². The Morgan fingerprint density at radius 1 is 0.750 bits per heavy atom. The summed E-state index contributed by atoms with van der Waals surface area (Å²) in [4.78, 5) is 62.8. The molecule has 3 aromatic rings. The van der Waals surface area contributed by atoms with Gasteiger partial charge in [0.15, 0.2) is 0 Å². The van der Waals surface area contributed by atoms with Gasteiger partial charge < -0.3 is 30.1 Å². The number of aromatic nitrogens is 1. The quantitative estimate of drug-likeness (QED) is 0.165. The maximum Gasteiger partial charge on any atom is 0.352 e. The number of ketones is 2. The van der Waals surface area contributed by atoms with Gasteiger partial charge in [-0.15, -0.1) is 0 Å². The second-order valence-electron chi connectivity index (χ2n) is 7.23. The fourth-order valence-corrected chi connectivity index (χ4v) is 3.12. The molecule has 0 unspecified atom stereocenters. The van der Waals surface area contributed by atoms with Gasteiger partial charge in [-0.25, -0.2) is 14.4 Å². The molecule has 0 radical (unpaired) electrons. The van der Waals surface area contributed by atoms with Gasteiger partial charge in [-0.3, -0.25) is 9.59 Å². The van der Waals surface area contributed by atoms with E-state index < -0.39 is 40.7 Å². The molecular formula is C25H23NO10. The van der Waals surface area contributed by atoms with Crippen LogP contribution < -0.4 is 0 Å². The number of hydrogen-bond donors (Lipinski definition) is 5. The van der Waals surface area contributed by atoms with Crippen LogP contribution in [0.15, 0.2) is 79.0 Å². The molecule has 3 rings (SSSR count). The van der Waals surface area contributed by atoms with E-state index in [1.54, 1.807) is 18.3 Å². The molecule has 188 valence electrons. The Bertz CT molecular complexity index is 1220. The van der Waals surface area contributed by atoms with Gasteiger partial charge in [0.2, 0.25) is 11.6 Å². The van der Waals surface area contributed by atoms with Crippen molar-refractivity contribution in [2.24, 2.45) is 0 Å². The van der Waals surface area contributed by atoms with Gasteiger partial charge >= 0.3 is 17.9 Å². The normalized spacial score (nSPS) is 13.6. The second kappa shape index (κ2) is 11.7. The lowest BCUT2D eigenvalue weighted by molar-refractivity contribution is -0.190. The van der Waals surface area contributed by atoms with Crippen LogP contribution in [0.3, 0.4) is 0 Å². The number of ether oxygens (including phenoxy) is 1. The van der Waals surface area contributed by atoms with Crippen molar-refractivity contribution in [1.82, 2.24) is 4.98 Å². The van der Waals surface area contributed by atoms with Gasteiger partial charge in [0.05, 0.1) is 6.61 Å². The number of nitrogens with one attached hydrogen (secondary N) is 1. The van der Waals surface area contributed by atoms with E-state index in [-0.39, 0.29) is 23.4 Å². The summed E-state index contributed by atoms with van der Waals surface area (Å²) in [5, 5.41) is 39.7. The molecule has 0 saturated heterocycles. The number of carbonyl (C=O) groups is 5. The van der Waals surface area contributed by atoms with Crippen molar-refractivity contribution in [3.05, 3.63) is 95.8 Å². The zero-order valence-corrected chi connectivity index (χ0v) is 19.0. The Kier molecular flexibility index (Phi) is 8.97. The first-order valence-electron chi connectivity index (χ1n) is 10.4. The Morgan fingerprint density at radius 2 is 1.22 bits per heavy atom. The van der Waals surface area contributed by atoms with Crippen LogP contribution in [0.5, 0.6) is 0 Å². The second-order valence-corrected chi connectivity index (χ2v) is 7.23. The van der Waals surface area contributed by atoms with Gasteiger partial charge in [-0.2, -0.15) is 0 Å². The van der Waals surface area contributed by atoms with E-state index in [1.165, 1.54) is 67.6 Å². The van der Waals surface area contributed by atoms with E-state index >= 15 is 0 Å². The number of rotatable bonds is 9. The van der Waals surface area contributed by atoms with Crippen LogP contribution in [0.2, 0.25) is 0 Å². The molecule has 0 spiro atoms. The monoisotopic (exact) mass is 497 g/mol. The smallest absolute Gasteiger partial charge is 0.352 e. The van der Waals surface area contributed by atoms with Crippen molar-refractivity contribution in [3.63, 3.8) is 0 Å². The molecule has 0 fully saturated rings. The van der Waals surface area contributed by atoms with Crippen LogP contribution in [0, 0.1) is 0 Å². The lowest BCUT2D eigenvalue weighted by atomic mass is 9.73. The molecule has 5 N–H and O–H groups in total. The highest BCUT2D eigenvalue weighted by molar-refractivity contribution is 6.28. The number of aromatic amines is 1. The number of Topliss-reactive ketones (excluding diaryl/α,β-unsaturated/α-hetero) is 2. The summed E-state index contributed by atoms with van der Waals surface area (Å²) in [7, 11) is 0. The Balaban J connectivity index is 0.000000482. The maximum absolute atomic E-state index is 12.9. The van der Waals surface area contributed by atoms with Gasteiger partial charge in [0, 0.05) is 17.3 Å². The Hall–Kier alpha value is -4.61. The fraction of sp³-hybridized carbons (Fsp3) is 0.160. The summed E-state index contributed by atoms with van der Waals surface area (Å²) in [6, 6.07) is 16.5. The zero-order valence-electron chi connectivity index (χ0n) is 19.0. The van der Waals surface area contributed by atoms with Crippen LogP contribution in [0.25, 0.3) is 0 Å². The minimum absolute atomic E-state index is 0.227. The Morgan fingerprint density at radius 3 is 1.56 bits per heavy atom. The SMILES string of the molecule is CCOC(=O)[C@](O)(C(=O)c1ccccc1)[C@](O)(C(=O)O)C(=O)c1ccccc1.O=C(O)c1ccc[nH]1. The highest BCUT2D eigenvalue weighted by Gasteiger charge is 2.70. The molecule has 2 atom stereocenters. The van der Waals surface area contributed by atoms with Crippen LogP contribution in [0.4, 0.5) is 0 Å². The van der Waals surface area contributed by atoms with Crippen LogP contribution in [-0.4, -0.2) is 72.7 Å². The third-order valence-corrected chi connectivity index (χ3v) is 4.96. The summed E-state index contributed by atoms with van der Waals surface area (Å²) in [6.07, 6.45) is 1.57. The molecule has 36 heavy (non-hydrogen) atoms. The van der Waals surface area contributed by atoms with Crippen molar-refractivity contribution in [3.8, 4) is 0 Å². The van der Waals surface area contributed by atoms with Gasteiger partial charge in [0.1, 0.15) is 5.69 Å². The van der Waals surface area contributed by atoms with Crippen LogP contribution >= 0.6 is 0 Å². The van der Waals surface area contributed by atoms with Gasteiger partial charge in [-0.1, -0.05) is 60.7 Å². The number of aliphatic hydroxyl groups is 2. The van der Waals surface area contributed by atoms with E-state index in [4.69, 9.17) is 5.11 Å². The van der Waals surface area contributed by atoms with Crippen molar-refractivity contribution in [1.29, 1.82) is 0 Å². The lowest BCUT2D eigenvalue weighted by Gasteiger charge is -2.35. The summed E-state index contributed by atoms with van der Waals surface area (Å²) in [6.45, 7) is 1.02. The number of carboxylic acid groups (broad SMARTS) is 2. The number of esters is 1. The van der Waals surface area contributed by atoms with E-state index in [1.807, 2.05) is 0 Å². The van der Waals surface area contributed by atoms with Gasteiger partial charge in [0.25, 0.3) is 11.2 Å². The molecule has 0 aliphatic heterocycles. The fourth-order valence-electron chi connectivity index (χ4n) is 3.12. The molecule has 2 aromatic carbocycles. The molecule has 11 nitrogen and oxygen atoms in total. The minimum Gasteiger partial charge on any atom is -0.479 e. The van der Waals surface area contributed by atoms with Crippen molar-refractivity contribution < 1.29 is 49.1 Å². The predicted molar refractivity (Wildman–Crippen MR) is 123 cm³/mol. The highest BCUT2D eigenvalue weighted by atomic mass is 16.6. The third-order valence-electron chi connectivity index (χ3n) is 4.96. The Labute approximate surface area is 204 Å². The average Bonchev–Trinajstić information content (AvgIpc) is 3.44. The van der Waals surface area contributed by atoms with Crippen LogP contribution in [-0.2, 0) is 14.3 Å². The number of aromatic carboxylic acids is 1. The molecule has 1 aromatic heterocycles. The topological polar surface area (TPSA) is 191 Å². The zero-order chi connectivity index (χ0) is 26.9. The number of H-pyrrole nitrogens is 1. The maximum atomic E-state index is 12.9. The van der Waals surface area contributed by atoms with Gasteiger partial charge in [-0.05, 0) is 19.1 Å². The first-order valence-corrected chi connectivity index (χ1v) is 10.4. The lowest BCUT2D eigenvalue weighted by Crippen LogP contribution is -2.71. The predicted octanol–water partition coefficient (Wildman–Crippen LogP) is 1.57. The average molecular weight is 497 g/mol. The number of carboxylic acids is 2. The molecule has 0 bridgehead atoms. The molecular weight excluding hydrogens is 474 g/mol. The van der Waals surface area contributed by atoms with E-state index in [0.717, 1.165) is 0 Å². The first kappa shape index (κ1) is 27.6. The molecule has 1 heterocycles. The number of aliphatic carboxylic acids is 1. The summed E-state index contributed by atoms with van der Waals surface area (Å²) < 4.78 is 4.65. The molecule has 0 amide bonds. The number of benzene rings is 2. The summed E-state index contributed by atoms with van der Waals surface area (Å²) >= 11 is 0. The molecule has 0 aliphatic rings. The number of carbonyl (C=O) groups excluding carboxylic acids is 3. The molecule has 11 heteroatoms. The molecule has 0 saturated carbocycles. The number of hydrogen-bond acceptors (Lipinski definition) is 8. The minimum atomic E-state index is -3.83. The van der Waals surface area contributed by atoms with Crippen LogP contribution in [0.1, 0.15) is 38.1 Å².